The minimum absolute atomic E-state index is 0.0174. The molecular weight excluding hydrogens is 420 g/mol. The predicted molar refractivity (Wildman–Crippen MR) is 122 cm³/mol. The molecule has 1 N–H and O–H groups in total. The summed E-state index contributed by atoms with van der Waals surface area (Å²) in [7, 11) is 0. The molecule has 0 unspecified atom stereocenters. The zero-order valence-corrected chi connectivity index (χ0v) is 18.6. The molecule has 0 aliphatic carbocycles. The summed E-state index contributed by atoms with van der Waals surface area (Å²) in [6.45, 7) is 4.87. The van der Waals surface area contributed by atoms with Crippen molar-refractivity contribution in [3.63, 3.8) is 0 Å². The highest BCUT2D eigenvalue weighted by Gasteiger charge is 2.45. The number of carbonyl (C=O) groups is 2. The van der Waals surface area contributed by atoms with Gasteiger partial charge in [-0.05, 0) is 62.2 Å². The number of ketones is 1. The summed E-state index contributed by atoms with van der Waals surface area (Å²) < 4.78 is 7.57. The molecule has 8 heteroatoms. The van der Waals surface area contributed by atoms with Gasteiger partial charge in [-0.15, -0.1) is 0 Å². The summed E-state index contributed by atoms with van der Waals surface area (Å²) in [5.74, 6) is -0.862. The van der Waals surface area contributed by atoms with E-state index >= 15 is 0 Å². The van der Waals surface area contributed by atoms with E-state index in [1.807, 2.05) is 24.6 Å². The van der Waals surface area contributed by atoms with E-state index in [0.717, 1.165) is 0 Å². The summed E-state index contributed by atoms with van der Waals surface area (Å²) in [5, 5.41) is 11.1. The van der Waals surface area contributed by atoms with Crippen LogP contribution in [0, 0.1) is 0 Å². The first-order chi connectivity index (χ1) is 16.0. The Hall–Kier alpha value is -3.94. The number of nitrogens with zero attached hydrogens (tertiary/aromatic N) is 4. The van der Waals surface area contributed by atoms with Crippen LogP contribution in [0.2, 0.25) is 0 Å². The molecule has 33 heavy (non-hydrogen) atoms. The van der Waals surface area contributed by atoms with Crippen LogP contribution < -0.4 is 4.74 Å². The number of hydrogen-bond donors (Lipinski definition) is 1. The number of Topliss-reactive ketones (excluding diaryl/α,β-unsaturated/α-hetero) is 1. The van der Waals surface area contributed by atoms with Crippen LogP contribution in [0.3, 0.4) is 0 Å². The third-order valence-electron chi connectivity index (χ3n) is 5.44. The van der Waals surface area contributed by atoms with Crippen molar-refractivity contribution in [2.75, 3.05) is 6.54 Å². The van der Waals surface area contributed by atoms with Gasteiger partial charge in [-0.2, -0.15) is 0 Å². The Morgan fingerprint density at radius 1 is 1.03 bits per heavy atom. The van der Waals surface area contributed by atoms with Crippen LogP contribution in [0.5, 0.6) is 5.75 Å². The standard InChI is InChI=1S/C25H26N4O4/c1-17(2)33-20-6-4-19(5-7-20)23(30)21-22(18-8-10-26-11-9-18)29(25(32)24(21)31)14-3-13-28-15-12-27-16-28/h4-12,15-17,22,30H,3,13-14H2,1-2H3/t22-/m1/s1. The lowest BCUT2D eigenvalue weighted by atomic mass is 9.96. The Bertz CT molecular complexity index is 1140. The van der Waals surface area contributed by atoms with Crippen molar-refractivity contribution in [3.8, 4) is 5.75 Å². The van der Waals surface area contributed by atoms with Gasteiger partial charge in [-0.25, -0.2) is 4.98 Å². The zero-order chi connectivity index (χ0) is 23.4. The second-order valence-corrected chi connectivity index (χ2v) is 8.12. The second kappa shape index (κ2) is 9.68. The molecule has 1 aliphatic rings. The van der Waals surface area contributed by atoms with E-state index in [9.17, 15) is 14.7 Å². The lowest BCUT2D eigenvalue weighted by Gasteiger charge is -2.25. The van der Waals surface area contributed by atoms with Gasteiger partial charge < -0.3 is 19.3 Å². The highest BCUT2D eigenvalue weighted by Crippen LogP contribution is 2.39. The van der Waals surface area contributed by atoms with Crippen molar-refractivity contribution in [2.24, 2.45) is 0 Å². The van der Waals surface area contributed by atoms with Crippen molar-refractivity contribution in [1.29, 1.82) is 0 Å². The molecule has 2 aromatic heterocycles. The molecule has 1 aliphatic heterocycles. The van der Waals surface area contributed by atoms with Gasteiger partial charge in [-0.3, -0.25) is 14.6 Å². The van der Waals surface area contributed by atoms with Crippen molar-refractivity contribution < 1.29 is 19.4 Å². The number of ether oxygens (including phenoxy) is 1. The molecule has 0 radical (unpaired) electrons. The van der Waals surface area contributed by atoms with Gasteiger partial charge in [0.2, 0.25) is 0 Å². The molecule has 3 aromatic rings. The van der Waals surface area contributed by atoms with Gasteiger partial charge in [-0.1, -0.05) is 0 Å². The number of aliphatic hydroxyl groups is 1. The van der Waals surface area contributed by atoms with Gasteiger partial charge in [0.15, 0.2) is 0 Å². The van der Waals surface area contributed by atoms with Gasteiger partial charge in [0.1, 0.15) is 11.5 Å². The van der Waals surface area contributed by atoms with Crippen LogP contribution >= 0.6 is 0 Å². The number of amides is 1. The Kier molecular flexibility index (Phi) is 6.53. The molecule has 0 spiro atoms. The molecule has 4 rings (SSSR count). The van der Waals surface area contributed by atoms with E-state index < -0.39 is 17.7 Å². The predicted octanol–water partition coefficient (Wildman–Crippen LogP) is 3.58. The molecule has 170 valence electrons. The highest BCUT2D eigenvalue weighted by molar-refractivity contribution is 6.46. The molecule has 1 aromatic carbocycles. The van der Waals surface area contributed by atoms with Gasteiger partial charge in [0, 0.05) is 43.4 Å². The summed E-state index contributed by atoms with van der Waals surface area (Å²) in [6.07, 6.45) is 9.12. The van der Waals surface area contributed by atoms with Crippen LogP contribution in [0.25, 0.3) is 5.76 Å². The highest BCUT2D eigenvalue weighted by atomic mass is 16.5. The third kappa shape index (κ3) is 4.79. The van der Waals surface area contributed by atoms with Crippen LogP contribution in [0.4, 0.5) is 0 Å². The smallest absolute Gasteiger partial charge is 0.295 e. The fourth-order valence-electron chi connectivity index (χ4n) is 3.96. The molecule has 0 saturated carbocycles. The van der Waals surface area contributed by atoms with E-state index in [-0.39, 0.29) is 17.4 Å². The zero-order valence-electron chi connectivity index (χ0n) is 18.6. The first-order valence-electron chi connectivity index (χ1n) is 10.9. The summed E-state index contributed by atoms with van der Waals surface area (Å²) >= 11 is 0. The Labute approximate surface area is 192 Å². The number of benzene rings is 1. The summed E-state index contributed by atoms with van der Waals surface area (Å²) in [5.41, 5.74) is 1.24. The third-order valence-corrected chi connectivity index (χ3v) is 5.44. The van der Waals surface area contributed by atoms with Crippen LogP contribution in [0.15, 0.2) is 73.1 Å². The Morgan fingerprint density at radius 2 is 1.76 bits per heavy atom. The molecule has 1 amide bonds. The lowest BCUT2D eigenvalue weighted by Crippen LogP contribution is -2.31. The molecule has 1 fully saturated rings. The summed E-state index contributed by atoms with van der Waals surface area (Å²) in [6, 6.07) is 9.66. The van der Waals surface area contributed by atoms with Gasteiger partial charge in [0.25, 0.3) is 11.7 Å². The fourth-order valence-corrected chi connectivity index (χ4v) is 3.96. The minimum atomic E-state index is -0.695. The average Bonchev–Trinajstić information content (AvgIpc) is 3.41. The SMILES string of the molecule is CC(C)Oc1ccc(C(O)=C2C(=O)C(=O)N(CCCn3ccnc3)[C@@H]2c2ccncc2)cc1. The Morgan fingerprint density at radius 3 is 2.39 bits per heavy atom. The number of hydrogen-bond acceptors (Lipinski definition) is 6. The maximum absolute atomic E-state index is 13.1. The number of likely N-dealkylation sites (tertiary alicyclic amines) is 1. The van der Waals surface area contributed by atoms with Gasteiger partial charge >= 0.3 is 0 Å². The number of aryl methyl sites for hydroxylation is 1. The topological polar surface area (TPSA) is 97.6 Å². The number of imidazole rings is 1. The summed E-state index contributed by atoms with van der Waals surface area (Å²) in [4.78, 5) is 35.6. The van der Waals surface area contributed by atoms with E-state index in [4.69, 9.17) is 4.74 Å². The molecule has 0 bridgehead atoms. The molecule has 1 saturated heterocycles. The normalized spacial score (nSPS) is 17.7. The van der Waals surface area contributed by atoms with Crippen molar-refractivity contribution >= 4 is 17.4 Å². The molecule has 3 heterocycles. The van der Waals surface area contributed by atoms with Crippen LogP contribution in [-0.2, 0) is 16.1 Å². The van der Waals surface area contributed by atoms with E-state index in [1.54, 1.807) is 61.3 Å². The van der Waals surface area contributed by atoms with Crippen molar-refractivity contribution in [3.05, 3.63) is 84.2 Å². The molecular formula is C25H26N4O4. The number of aromatic nitrogens is 3. The first kappa shape index (κ1) is 22.3. The number of rotatable bonds is 8. The van der Waals surface area contributed by atoms with Crippen molar-refractivity contribution in [2.45, 2.75) is 39.0 Å². The molecule has 1 atom stereocenters. The monoisotopic (exact) mass is 446 g/mol. The van der Waals surface area contributed by atoms with Crippen molar-refractivity contribution in [1.82, 2.24) is 19.4 Å². The molecule has 8 nitrogen and oxygen atoms in total. The van der Waals surface area contributed by atoms with E-state index in [1.165, 1.54) is 4.90 Å². The van der Waals surface area contributed by atoms with Crippen LogP contribution in [0.1, 0.15) is 37.4 Å². The number of aliphatic hydroxyl groups excluding tert-OH is 1. The number of pyridine rings is 1. The average molecular weight is 447 g/mol. The maximum atomic E-state index is 13.1. The quantitative estimate of drug-likeness (QED) is 0.323. The minimum Gasteiger partial charge on any atom is -0.507 e. The fraction of sp³-hybridized carbons (Fsp3) is 0.280. The van der Waals surface area contributed by atoms with E-state index in [2.05, 4.69) is 9.97 Å². The van der Waals surface area contributed by atoms with Gasteiger partial charge in [0.05, 0.1) is 24.0 Å². The van der Waals surface area contributed by atoms with E-state index in [0.29, 0.717) is 36.4 Å². The second-order valence-electron chi connectivity index (χ2n) is 8.12. The van der Waals surface area contributed by atoms with Crippen LogP contribution in [-0.4, -0.2) is 48.9 Å². The number of carbonyl (C=O) groups excluding carboxylic acids is 2. The lowest BCUT2D eigenvalue weighted by molar-refractivity contribution is -0.139. The first-order valence-corrected chi connectivity index (χ1v) is 10.9. The Balaban J connectivity index is 1.67. The maximum Gasteiger partial charge on any atom is 0.295 e. The largest absolute Gasteiger partial charge is 0.507 e.